The van der Waals surface area contributed by atoms with Gasteiger partial charge < -0.3 is 4.90 Å². The van der Waals surface area contributed by atoms with Crippen molar-refractivity contribution in [2.45, 2.75) is 63.9 Å². The van der Waals surface area contributed by atoms with Crippen LogP contribution in [0.2, 0.25) is 0 Å². The number of piperidine rings is 1. The molecule has 0 saturated carbocycles. The van der Waals surface area contributed by atoms with E-state index in [4.69, 9.17) is 0 Å². The Bertz CT molecular complexity index is 586. The van der Waals surface area contributed by atoms with Crippen LogP contribution in [-0.2, 0) is 16.4 Å². The van der Waals surface area contributed by atoms with E-state index in [1.165, 1.54) is 5.56 Å². The lowest BCUT2D eigenvalue weighted by atomic mass is 10.0. The van der Waals surface area contributed by atoms with Gasteiger partial charge in [-0.1, -0.05) is 26.0 Å². The van der Waals surface area contributed by atoms with Crippen molar-refractivity contribution in [2.24, 2.45) is 5.92 Å². The molecule has 1 fully saturated rings. The number of nitrogens with one attached hydrogen (secondary N) is 1. The van der Waals surface area contributed by atoms with Gasteiger partial charge in [0.15, 0.2) is 0 Å². The molecule has 1 aliphatic heterocycles. The van der Waals surface area contributed by atoms with Crippen LogP contribution in [0.15, 0.2) is 29.2 Å². The third-order valence-corrected chi connectivity index (χ3v) is 6.00. The third-order valence-electron chi connectivity index (χ3n) is 4.46. The first kappa shape index (κ1) is 18.4. The van der Waals surface area contributed by atoms with Crippen LogP contribution in [0, 0.1) is 5.92 Å². The lowest BCUT2D eigenvalue weighted by Crippen LogP contribution is -2.46. The van der Waals surface area contributed by atoms with Gasteiger partial charge in [-0.15, -0.1) is 0 Å². The van der Waals surface area contributed by atoms with Crippen LogP contribution in [0.4, 0.5) is 0 Å². The molecule has 23 heavy (non-hydrogen) atoms. The third kappa shape index (κ3) is 5.30. The molecule has 1 saturated heterocycles. The molecule has 1 N–H and O–H groups in total. The van der Waals surface area contributed by atoms with Crippen molar-refractivity contribution in [3.8, 4) is 0 Å². The minimum absolute atomic E-state index is 0.0466. The Morgan fingerprint density at radius 2 is 1.65 bits per heavy atom. The molecule has 1 aromatic rings. The van der Waals surface area contributed by atoms with Gasteiger partial charge in [-0.05, 0) is 69.8 Å². The second-order valence-corrected chi connectivity index (χ2v) is 8.98. The van der Waals surface area contributed by atoms with Crippen molar-refractivity contribution in [1.29, 1.82) is 0 Å². The fraction of sp³-hybridized carbons (Fsp3) is 0.667. The fourth-order valence-corrected chi connectivity index (χ4v) is 4.40. The molecule has 1 aromatic carbocycles. The normalized spacial score (nSPS) is 18.0. The highest BCUT2D eigenvalue weighted by atomic mass is 32.2. The van der Waals surface area contributed by atoms with Crippen molar-refractivity contribution in [2.75, 3.05) is 13.1 Å². The summed E-state index contributed by atoms with van der Waals surface area (Å²) in [5, 5.41) is 0. The van der Waals surface area contributed by atoms with E-state index in [0.717, 1.165) is 32.4 Å². The van der Waals surface area contributed by atoms with Crippen LogP contribution < -0.4 is 4.72 Å². The maximum absolute atomic E-state index is 12.5. The van der Waals surface area contributed by atoms with Crippen molar-refractivity contribution in [3.63, 3.8) is 0 Å². The molecule has 5 heteroatoms. The lowest BCUT2D eigenvalue weighted by molar-refractivity contribution is 0.168. The van der Waals surface area contributed by atoms with Crippen LogP contribution in [0.25, 0.3) is 0 Å². The zero-order valence-electron chi connectivity index (χ0n) is 14.7. The quantitative estimate of drug-likeness (QED) is 0.867. The standard InChI is InChI=1S/C18H30N2O2S/c1-14(2)13-16-5-7-18(8-6-16)23(21,22)19-17-9-11-20(12-10-17)15(3)4/h5-8,14-15,17,19H,9-13H2,1-4H3. The molecule has 0 aromatic heterocycles. The Balaban J connectivity index is 1.96. The summed E-state index contributed by atoms with van der Waals surface area (Å²) < 4.78 is 27.9. The van der Waals surface area contributed by atoms with Gasteiger partial charge in [0, 0.05) is 12.1 Å². The van der Waals surface area contributed by atoms with Crippen LogP contribution in [0.3, 0.4) is 0 Å². The molecule has 0 spiro atoms. The average molecular weight is 339 g/mol. The Kier molecular flexibility index (Phi) is 6.23. The van der Waals surface area contributed by atoms with Gasteiger partial charge in [0.2, 0.25) is 10.0 Å². The van der Waals surface area contributed by atoms with Gasteiger partial charge in [-0.3, -0.25) is 0 Å². The summed E-state index contributed by atoms with van der Waals surface area (Å²) >= 11 is 0. The van der Waals surface area contributed by atoms with Gasteiger partial charge in [0.25, 0.3) is 0 Å². The van der Waals surface area contributed by atoms with E-state index in [-0.39, 0.29) is 6.04 Å². The first-order valence-electron chi connectivity index (χ1n) is 8.63. The molecule has 0 unspecified atom stereocenters. The van der Waals surface area contributed by atoms with E-state index in [0.29, 0.717) is 16.9 Å². The van der Waals surface area contributed by atoms with Crippen LogP contribution >= 0.6 is 0 Å². The van der Waals surface area contributed by atoms with E-state index in [2.05, 4.69) is 37.3 Å². The highest BCUT2D eigenvalue weighted by molar-refractivity contribution is 7.89. The fourth-order valence-electron chi connectivity index (χ4n) is 3.10. The van der Waals surface area contributed by atoms with E-state index in [1.807, 2.05) is 12.1 Å². The largest absolute Gasteiger partial charge is 0.301 e. The summed E-state index contributed by atoms with van der Waals surface area (Å²) in [4.78, 5) is 2.77. The van der Waals surface area contributed by atoms with Gasteiger partial charge in [0.1, 0.15) is 0 Å². The predicted octanol–water partition coefficient (Wildman–Crippen LogP) is 3.04. The summed E-state index contributed by atoms with van der Waals surface area (Å²) in [5.41, 5.74) is 1.18. The van der Waals surface area contributed by atoms with Gasteiger partial charge >= 0.3 is 0 Å². The molecule has 0 bridgehead atoms. The molecule has 1 heterocycles. The maximum atomic E-state index is 12.5. The number of sulfonamides is 1. The van der Waals surface area contributed by atoms with Gasteiger partial charge in [-0.25, -0.2) is 13.1 Å². The summed E-state index contributed by atoms with van der Waals surface area (Å²) in [6, 6.07) is 7.88. The van der Waals surface area contributed by atoms with Crippen molar-refractivity contribution < 1.29 is 8.42 Å². The number of nitrogens with zero attached hydrogens (tertiary/aromatic N) is 1. The Morgan fingerprint density at radius 1 is 1.09 bits per heavy atom. The molecule has 130 valence electrons. The van der Waals surface area contributed by atoms with Crippen molar-refractivity contribution >= 4 is 10.0 Å². The van der Waals surface area contributed by atoms with Crippen molar-refractivity contribution in [1.82, 2.24) is 9.62 Å². The first-order valence-corrected chi connectivity index (χ1v) is 10.1. The average Bonchev–Trinajstić information content (AvgIpc) is 2.47. The minimum Gasteiger partial charge on any atom is -0.301 e. The number of benzene rings is 1. The minimum atomic E-state index is -3.41. The predicted molar refractivity (Wildman–Crippen MR) is 95.0 cm³/mol. The number of rotatable bonds is 6. The summed E-state index contributed by atoms with van der Waals surface area (Å²) in [6.07, 6.45) is 2.73. The SMILES string of the molecule is CC(C)Cc1ccc(S(=O)(=O)NC2CCN(C(C)C)CC2)cc1. The molecule has 0 radical (unpaired) electrons. The Morgan fingerprint density at radius 3 is 2.13 bits per heavy atom. The van der Waals surface area contributed by atoms with Gasteiger partial charge in [-0.2, -0.15) is 0 Å². The summed E-state index contributed by atoms with van der Waals surface area (Å²) in [7, 11) is -3.41. The van der Waals surface area contributed by atoms with E-state index in [1.54, 1.807) is 12.1 Å². The zero-order chi connectivity index (χ0) is 17.0. The highest BCUT2D eigenvalue weighted by Crippen LogP contribution is 2.18. The molecule has 0 amide bonds. The number of hydrogen-bond donors (Lipinski definition) is 1. The second kappa shape index (κ2) is 7.77. The maximum Gasteiger partial charge on any atom is 0.240 e. The smallest absolute Gasteiger partial charge is 0.240 e. The summed E-state index contributed by atoms with van der Waals surface area (Å²) in [6.45, 7) is 10.6. The molecular formula is C18H30N2O2S. The monoisotopic (exact) mass is 338 g/mol. The first-order chi connectivity index (χ1) is 10.8. The molecule has 0 atom stereocenters. The molecule has 0 aliphatic carbocycles. The van der Waals surface area contributed by atoms with E-state index < -0.39 is 10.0 Å². The number of likely N-dealkylation sites (tertiary alicyclic amines) is 1. The molecular weight excluding hydrogens is 308 g/mol. The van der Waals surface area contributed by atoms with Crippen LogP contribution in [0.5, 0.6) is 0 Å². The lowest BCUT2D eigenvalue weighted by Gasteiger charge is -2.34. The molecule has 2 rings (SSSR count). The van der Waals surface area contributed by atoms with E-state index >= 15 is 0 Å². The summed E-state index contributed by atoms with van der Waals surface area (Å²) in [5.74, 6) is 0.571. The zero-order valence-corrected chi connectivity index (χ0v) is 15.6. The topological polar surface area (TPSA) is 49.4 Å². The molecule has 4 nitrogen and oxygen atoms in total. The van der Waals surface area contributed by atoms with E-state index in [9.17, 15) is 8.42 Å². The van der Waals surface area contributed by atoms with Crippen LogP contribution in [-0.4, -0.2) is 38.5 Å². The number of hydrogen-bond acceptors (Lipinski definition) is 3. The Labute approximate surface area is 141 Å². The van der Waals surface area contributed by atoms with Crippen molar-refractivity contribution in [3.05, 3.63) is 29.8 Å². The second-order valence-electron chi connectivity index (χ2n) is 7.27. The highest BCUT2D eigenvalue weighted by Gasteiger charge is 2.25. The molecule has 1 aliphatic rings. The Hall–Kier alpha value is -0.910. The van der Waals surface area contributed by atoms with Crippen LogP contribution in [0.1, 0.15) is 46.1 Å². The van der Waals surface area contributed by atoms with Gasteiger partial charge in [0.05, 0.1) is 4.90 Å².